The molecule has 0 aromatic heterocycles. The van der Waals surface area contributed by atoms with E-state index in [2.05, 4.69) is 239 Å². The minimum Gasteiger partial charge on any atom is -0.404 e. The van der Waals surface area contributed by atoms with Crippen LogP contribution in [0.3, 0.4) is 0 Å². The van der Waals surface area contributed by atoms with Crippen molar-refractivity contribution in [1.29, 1.82) is 0 Å². The fourth-order valence-electron chi connectivity index (χ4n) is 10.5. The van der Waals surface area contributed by atoms with Crippen molar-refractivity contribution in [1.82, 2.24) is 0 Å². The smallest absolute Gasteiger partial charge is 0.404 e. The standard InChI is InChI=1S/C68H92O8P2/c1-61(2,3)42-27-33-47(51(37-42)65(13,14)15)56-55(41-25-31-46(32-26-41)75-77(69,70)71)57(48-34-28-43(62(4,5)6)38-52(48)66(16,17)18)59(50-36-30-45(64(10,11)12)40-54(50)68(22,23)24)60(76-78(72,73)74)58(56)49-35-29-44(63(7,8)9)39-53(49)67(19,20)21/h25-40H,1-24H3,(H2,69,70,71)(H2,72,73,74). The molecular weight excluding hydrogens is 1010 g/mol. The van der Waals surface area contributed by atoms with Crippen LogP contribution in [0.4, 0.5) is 0 Å². The van der Waals surface area contributed by atoms with Crippen LogP contribution in [0.1, 0.15) is 211 Å². The molecule has 10 heteroatoms. The second-order valence-corrected chi connectivity index (χ2v) is 32.3. The van der Waals surface area contributed by atoms with Crippen molar-refractivity contribution in [3.63, 3.8) is 0 Å². The van der Waals surface area contributed by atoms with E-state index in [9.17, 15) is 28.7 Å². The summed E-state index contributed by atoms with van der Waals surface area (Å²) in [7, 11) is -10.4. The van der Waals surface area contributed by atoms with Gasteiger partial charge < -0.3 is 9.05 Å². The zero-order valence-corrected chi connectivity index (χ0v) is 53.3. The van der Waals surface area contributed by atoms with Crippen LogP contribution in [-0.4, -0.2) is 19.6 Å². The average Bonchev–Trinajstić information content (AvgIpc) is 3.24. The van der Waals surface area contributed by atoms with Crippen molar-refractivity contribution in [2.24, 2.45) is 0 Å². The SMILES string of the molecule is CC(C)(C)c1ccc(-c2c(OP(=O)(O)O)c(-c3ccc(C(C)(C)C)cc3C(C)(C)C)c(-c3ccc(C(C)(C)C)cc3C(C)(C)C)c(-c3ccc(OP(=O)(O)O)cc3)c2-c2ccc(C(C)(C)C)cc2C(C)(C)C)c(C(C)(C)C)c1. The Morgan fingerprint density at radius 3 is 0.756 bits per heavy atom. The van der Waals surface area contributed by atoms with Crippen molar-refractivity contribution in [2.45, 2.75) is 209 Å². The Balaban J connectivity index is 2.23. The first-order chi connectivity index (χ1) is 35.0. The molecule has 6 aromatic carbocycles. The molecule has 0 saturated heterocycles. The highest BCUT2D eigenvalue weighted by atomic mass is 31.2. The van der Waals surface area contributed by atoms with Crippen molar-refractivity contribution < 1.29 is 37.8 Å². The van der Waals surface area contributed by atoms with Crippen molar-refractivity contribution >= 4 is 15.6 Å². The summed E-state index contributed by atoms with van der Waals surface area (Å²) < 4.78 is 38.8. The Hall–Kier alpha value is -4.78. The van der Waals surface area contributed by atoms with Gasteiger partial charge in [0.25, 0.3) is 0 Å². The third kappa shape index (κ3) is 13.9. The second kappa shape index (κ2) is 20.6. The first kappa shape index (κ1) is 62.4. The van der Waals surface area contributed by atoms with E-state index in [1.807, 2.05) is 12.1 Å². The Kier molecular flexibility index (Phi) is 16.5. The summed E-state index contributed by atoms with van der Waals surface area (Å²) in [4.78, 5) is 43.7. The van der Waals surface area contributed by atoms with Crippen LogP contribution < -0.4 is 9.05 Å². The van der Waals surface area contributed by atoms with E-state index in [-0.39, 0.29) is 33.2 Å². The fourth-order valence-corrected chi connectivity index (χ4v) is 11.3. The summed E-state index contributed by atoms with van der Waals surface area (Å²) >= 11 is 0. The molecule has 0 amide bonds. The van der Waals surface area contributed by atoms with Gasteiger partial charge in [-0.15, -0.1) is 0 Å². The predicted molar refractivity (Wildman–Crippen MR) is 329 cm³/mol. The van der Waals surface area contributed by atoms with E-state index in [1.54, 1.807) is 12.1 Å². The number of hydrogen-bond donors (Lipinski definition) is 4. The van der Waals surface area contributed by atoms with Gasteiger partial charge >= 0.3 is 15.6 Å². The zero-order valence-electron chi connectivity index (χ0n) is 51.6. The highest BCUT2D eigenvalue weighted by Crippen LogP contribution is 2.63. The topological polar surface area (TPSA) is 134 Å². The first-order valence-corrected chi connectivity index (χ1v) is 30.5. The Morgan fingerprint density at radius 2 is 0.538 bits per heavy atom. The minimum absolute atomic E-state index is 0.0209. The molecule has 78 heavy (non-hydrogen) atoms. The molecule has 0 spiro atoms. The fraction of sp³-hybridized carbons (Fsp3) is 0.471. The molecule has 0 unspecified atom stereocenters. The van der Waals surface area contributed by atoms with Gasteiger partial charge in [0, 0.05) is 22.3 Å². The van der Waals surface area contributed by atoms with Crippen molar-refractivity contribution in [3.05, 3.63) is 142 Å². The molecule has 0 saturated carbocycles. The molecule has 6 rings (SSSR count). The molecule has 0 radical (unpaired) electrons. The van der Waals surface area contributed by atoms with Crippen molar-refractivity contribution in [3.8, 4) is 67.1 Å². The summed E-state index contributed by atoms with van der Waals surface area (Å²) in [5.41, 5.74) is 12.3. The first-order valence-electron chi connectivity index (χ1n) is 27.5. The number of phosphoric ester groups is 2. The minimum atomic E-state index is -5.44. The molecule has 4 N–H and O–H groups in total. The summed E-state index contributed by atoms with van der Waals surface area (Å²) in [6.07, 6.45) is 0. The van der Waals surface area contributed by atoms with E-state index in [4.69, 9.17) is 9.05 Å². The molecule has 6 aromatic rings. The molecule has 0 aliphatic carbocycles. The van der Waals surface area contributed by atoms with Gasteiger partial charge in [0.05, 0.1) is 0 Å². The normalized spacial score (nSPS) is 13.7. The average molecular weight is 1100 g/mol. The van der Waals surface area contributed by atoms with Gasteiger partial charge in [-0.1, -0.05) is 251 Å². The van der Waals surface area contributed by atoms with E-state index in [0.29, 0.717) is 27.8 Å². The number of hydrogen-bond acceptors (Lipinski definition) is 4. The van der Waals surface area contributed by atoms with Crippen LogP contribution in [0.15, 0.2) is 97.1 Å². The monoisotopic (exact) mass is 1100 g/mol. The quantitative estimate of drug-likeness (QED) is 0.105. The van der Waals surface area contributed by atoms with Gasteiger partial charge in [-0.2, -0.15) is 0 Å². The number of phosphoric acid groups is 2. The largest absolute Gasteiger partial charge is 0.524 e. The number of rotatable bonds is 9. The summed E-state index contributed by atoms with van der Waals surface area (Å²) in [5.74, 6) is 0.0218. The maximum absolute atomic E-state index is 14.5. The molecule has 0 heterocycles. The highest BCUT2D eigenvalue weighted by molar-refractivity contribution is 7.47. The maximum Gasteiger partial charge on any atom is 0.524 e. The van der Waals surface area contributed by atoms with Crippen LogP contribution in [-0.2, 0) is 52.5 Å². The van der Waals surface area contributed by atoms with Crippen LogP contribution in [0.2, 0.25) is 0 Å². The molecule has 422 valence electrons. The summed E-state index contributed by atoms with van der Waals surface area (Å²) in [6, 6.07) is 33.1. The Morgan fingerprint density at radius 1 is 0.295 bits per heavy atom. The van der Waals surface area contributed by atoms with Gasteiger partial charge in [0.2, 0.25) is 0 Å². The Labute approximate surface area is 469 Å². The molecule has 0 fully saturated rings. The molecule has 0 bridgehead atoms. The van der Waals surface area contributed by atoms with E-state index in [0.717, 1.165) is 72.3 Å². The molecule has 0 atom stereocenters. The third-order valence-electron chi connectivity index (χ3n) is 14.9. The summed E-state index contributed by atoms with van der Waals surface area (Å²) in [6.45, 7) is 52.5. The lowest BCUT2D eigenvalue weighted by molar-refractivity contribution is 0.281. The van der Waals surface area contributed by atoms with Gasteiger partial charge in [0.1, 0.15) is 11.5 Å². The lowest BCUT2D eigenvalue weighted by Gasteiger charge is -2.36. The predicted octanol–water partition coefficient (Wildman–Crippen LogP) is 19.3. The molecule has 0 aliphatic heterocycles. The molecule has 0 aliphatic rings. The second-order valence-electron chi connectivity index (χ2n) is 29.9. The van der Waals surface area contributed by atoms with Crippen LogP contribution in [0.25, 0.3) is 55.6 Å². The van der Waals surface area contributed by atoms with Gasteiger partial charge in [0.15, 0.2) is 0 Å². The molecule has 8 nitrogen and oxygen atoms in total. The van der Waals surface area contributed by atoms with Gasteiger partial charge in [-0.3, -0.25) is 19.6 Å². The van der Waals surface area contributed by atoms with E-state index < -0.39 is 37.3 Å². The van der Waals surface area contributed by atoms with Crippen LogP contribution in [0.5, 0.6) is 11.5 Å². The van der Waals surface area contributed by atoms with E-state index in [1.165, 1.54) is 0 Å². The van der Waals surface area contributed by atoms with Crippen LogP contribution in [0, 0.1) is 0 Å². The Bertz CT molecular complexity index is 3150. The van der Waals surface area contributed by atoms with Crippen LogP contribution >= 0.6 is 15.6 Å². The molecular formula is C68H92O8P2. The lowest BCUT2D eigenvalue weighted by Crippen LogP contribution is -2.20. The third-order valence-corrected chi connectivity index (χ3v) is 15.8. The van der Waals surface area contributed by atoms with E-state index >= 15 is 0 Å². The number of benzene rings is 6. The maximum atomic E-state index is 14.5. The highest BCUT2D eigenvalue weighted by Gasteiger charge is 2.40. The lowest BCUT2D eigenvalue weighted by atomic mass is 9.68. The summed E-state index contributed by atoms with van der Waals surface area (Å²) in [5, 5.41) is 0. The van der Waals surface area contributed by atoms with Gasteiger partial charge in [-0.25, -0.2) is 9.13 Å². The van der Waals surface area contributed by atoms with Gasteiger partial charge in [-0.05, 0) is 133 Å². The zero-order chi connectivity index (χ0) is 59.3. The van der Waals surface area contributed by atoms with Crippen molar-refractivity contribution in [2.75, 3.05) is 0 Å².